The van der Waals surface area contributed by atoms with Gasteiger partial charge in [0.25, 0.3) is 0 Å². The normalized spacial score (nSPS) is 15.6. The Labute approximate surface area is 182 Å². The number of nitrogens with two attached hydrogens (primary N) is 1. The predicted molar refractivity (Wildman–Crippen MR) is 119 cm³/mol. The van der Waals surface area contributed by atoms with E-state index in [-0.39, 0.29) is 17.9 Å². The van der Waals surface area contributed by atoms with Gasteiger partial charge in [0, 0.05) is 18.2 Å². The van der Waals surface area contributed by atoms with Crippen molar-refractivity contribution in [3.63, 3.8) is 0 Å². The Balaban J connectivity index is 2.24. The summed E-state index contributed by atoms with van der Waals surface area (Å²) in [5.74, 6) is 1.23. The smallest absolute Gasteiger partial charge is 0.240 e. The van der Waals surface area contributed by atoms with Crippen LogP contribution in [0.1, 0.15) is 37.4 Å². The average Bonchev–Trinajstić information content (AvgIpc) is 2.88. The minimum absolute atomic E-state index is 0.131. The van der Waals surface area contributed by atoms with Crippen LogP contribution in [-0.2, 0) is 16.0 Å². The van der Waals surface area contributed by atoms with Crippen molar-refractivity contribution in [1.29, 1.82) is 0 Å². The molecular formula is C23H29N3O5. The summed E-state index contributed by atoms with van der Waals surface area (Å²) < 4.78 is 16.9. The first-order valence-electron chi connectivity index (χ1n) is 10.1. The second-order valence-electron chi connectivity index (χ2n) is 7.55. The van der Waals surface area contributed by atoms with E-state index in [4.69, 9.17) is 19.9 Å². The lowest BCUT2D eigenvalue weighted by Gasteiger charge is -2.22. The summed E-state index contributed by atoms with van der Waals surface area (Å²) in [7, 11) is 4.74. The standard InChI is InChI=1S/C23H29N3O5/c1-12(24)23(28)26-15-7-8-16-17(11-15)18(25-13(2)27)9-6-14-10-19(29-3)21(30-4)22(31-5)20(14)16/h7-8,10-12,18H,6,9,24H2,1-5H3,(H,25,27)(H,26,28)/t12-,18?/m0/s1. The van der Waals surface area contributed by atoms with Gasteiger partial charge in [0.15, 0.2) is 11.5 Å². The molecule has 0 saturated heterocycles. The van der Waals surface area contributed by atoms with E-state index >= 15 is 0 Å². The number of ether oxygens (including phenoxy) is 3. The number of hydrogen-bond donors (Lipinski definition) is 3. The van der Waals surface area contributed by atoms with Crippen molar-refractivity contribution in [1.82, 2.24) is 5.32 Å². The van der Waals surface area contributed by atoms with Crippen LogP contribution < -0.4 is 30.6 Å². The van der Waals surface area contributed by atoms with E-state index in [0.29, 0.717) is 35.8 Å². The summed E-state index contributed by atoms with van der Waals surface area (Å²) >= 11 is 0. The highest BCUT2D eigenvalue weighted by Gasteiger charge is 2.29. The Bertz CT molecular complexity index is 1000. The van der Waals surface area contributed by atoms with E-state index in [1.165, 1.54) is 6.92 Å². The zero-order valence-corrected chi connectivity index (χ0v) is 18.5. The maximum atomic E-state index is 12.1. The number of aryl methyl sites for hydroxylation is 1. The van der Waals surface area contributed by atoms with Crippen LogP contribution in [0.15, 0.2) is 24.3 Å². The van der Waals surface area contributed by atoms with Gasteiger partial charge in [-0.1, -0.05) is 6.07 Å². The van der Waals surface area contributed by atoms with Crippen LogP contribution in [0, 0.1) is 0 Å². The van der Waals surface area contributed by atoms with Crippen LogP contribution in [0.25, 0.3) is 11.1 Å². The van der Waals surface area contributed by atoms with Crippen LogP contribution in [0.5, 0.6) is 17.2 Å². The van der Waals surface area contributed by atoms with Crippen molar-refractivity contribution in [3.05, 3.63) is 35.4 Å². The van der Waals surface area contributed by atoms with Crippen LogP contribution >= 0.6 is 0 Å². The Morgan fingerprint density at radius 1 is 1.10 bits per heavy atom. The molecule has 166 valence electrons. The van der Waals surface area contributed by atoms with E-state index in [2.05, 4.69) is 10.6 Å². The second kappa shape index (κ2) is 9.26. The minimum atomic E-state index is -0.637. The number of carbonyl (C=O) groups excluding carboxylic acids is 2. The maximum absolute atomic E-state index is 12.1. The summed E-state index contributed by atoms with van der Waals surface area (Å²) in [4.78, 5) is 24.0. The average molecular weight is 428 g/mol. The number of carbonyl (C=O) groups is 2. The van der Waals surface area contributed by atoms with Crippen molar-refractivity contribution in [3.8, 4) is 28.4 Å². The molecule has 4 N–H and O–H groups in total. The summed E-state index contributed by atoms with van der Waals surface area (Å²) in [6, 6.07) is 6.68. The predicted octanol–water partition coefficient (Wildman–Crippen LogP) is 2.79. The molecule has 2 aromatic rings. The molecule has 0 aliphatic heterocycles. The number of fused-ring (bicyclic) bond motifs is 3. The summed E-state index contributed by atoms with van der Waals surface area (Å²) in [5, 5.41) is 5.86. The Hall–Kier alpha value is -3.26. The molecular weight excluding hydrogens is 398 g/mol. The van der Waals surface area contributed by atoms with Gasteiger partial charge in [-0.15, -0.1) is 0 Å². The molecule has 3 rings (SSSR count). The molecule has 0 radical (unpaired) electrons. The number of benzene rings is 2. The number of rotatable bonds is 6. The second-order valence-corrected chi connectivity index (χ2v) is 7.55. The molecule has 0 fully saturated rings. The lowest BCUT2D eigenvalue weighted by Crippen LogP contribution is -2.32. The first-order chi connectivity index (χ1) is 14.8. The Kier molecular flexibility index (Phi) is 6.70. The third-order valence-electron chi connectivity index (χ3n) is 5.37. The number of hydrogen-bond acceptors (Lipinski definition) is 6. The molecule has 0 saturated carbocycles. The molecule has 8 nitrogen and oxygen atoms in total. The molecule has 1 aliphatic carbocycles. The molecule has 31 heavy (non-hydrogen) atoms. The van der Waals surface area contributed by atoms with E-state index < -0.39 is 6.04 Å². The molecule has 2 aromatic carbocycles. The van der Waals surface area contributed by atoms with Crippen molar-refractivity contribution in [2.45, 2.75) is 38.8 Å². The fourth-order valence-electron chi connectivity index (χ4n) is 3.96. The van der Waals surface area contributed by atoms with E-state index in [1.807, 2.05) is 24.3 Å². The molecule has 1 aliphatic rings. The van der Waals surface area contributed by atoms with Gasteiger partial charge in [-0.25, -0.2) is 0 Å². The highest BCUT2D eigenvalue weighted by molar-refractivity contribution is 5.95. The quantitative estimate of drug-likeness (QED) is 0.654. The van der Waals surface area contributed by atoms with Crippen LogP contribution in [0.2, 0.25) is 0 Å². The Morgan fingerprint density at radius 2 is 1.81 bits per heavy atom. The molecule has 2 amide bonds. The van der Waals surface area contributed by atoms with E-state index in [1.54, 1.807) is 28.3 Å². The van der Waals surface area contributed by atoms with Gasteiger partial charge >= 0.3 is 0 Å². The minimum Gasteiger partial charge on any atom is -0.493 e. The number of methoxy groups -OCH3 is 3. The summed E-state index contributed by atoms with van der Waals surface area (Å²) in [6.45, 7) is 3.12. The largest absolute Gasteiger partial charge is 0.493 e. The SMILES string of the molecule is COc1cc2c(c(OC)c1OC)-c1ccc(NC(=O)[C@H](C)N)cc1C(NC(C)=O)CC2. The zero-order chi connectivity index (χ0) is 22.7. The maximum Gasteiger partial charge on any atom is 0.240 e. The van der Waals surface area contributed by atoms with Crippen molar-refractivity contribution in [2.24, 2.45) is 5.73 Å². The first-order valence-corrected chi connectivity index (χ1v) is 10.1. The van der Waals surface area contributed by atoms with E-state index in [0.717, 1.165) is 22.3 Å². The summed E-state index contributed by atoms with van der Waals surface area (Å²) in [5.41, 5.74) is 9.97. The van der Waals surface area contributed by atoms with Gasteiger partial charge in [-0.2, -0.15) is 0 Å². The number of nitrogens with one attached hydrogen (secondary N) is 2. The lowest BCUT2D eigenvalue weighted by atomic mass is 9.93. The van der Waals surface area contributed by atoms with Gasteiger partial charge in [0.1, 0.15) is 0 Å². The molecule has 0 bridgehead atoms. The molecule has 0 spiro atoms. The summed E-state index contributed by atoms with van der Waals surface area (Å²) in [6.07, 6.45) is 1.36. The van der Waals surface area contributed by atoms with Crippen molar-refractivity contribution in [2.75, 3.05) is 26.6 Å². The molecule has 0 aromatic heterocycles. The van der Waals surface area contributed by atoms with Crippen molar-refractivity contribution < 1.29 is 23.8 Å². The van der Waals surface area contributed by atoms with E-state index in [9.17, 15) is 9.59 Å². The third kappa shape index (κ3) is 4.44. The lowest BCUT2D eigenvalue weighted by molar-refractivity contribution is -0.120. The molecule has 2 atom stereocenters. The van der Waals surface area contributed by atoms with Gasteiger partial charge in [0.2, 0.25) is 17.6 Å². The topological polar surface area (TPSA) is 112 Å². The van der Waals surface area contributed by atoms with Crippen molar-refractivity contribution >= 4 is 17.5 Å². The highest BCUT2D eigenvalue weighted by Crippen LogP contribution is 2.50. The highest BCUT2D eigenvalue weighted by atomic mass is 16.5. The molecule has 1 unspecified atom stereocenters. The fourth-order valence-corrected chi connectivity index (χ4v) is 3.96. The third-order valence-corrected chi connectivity index (χ3v) is 5.37. The zero-order valence-electron chi connectivity index (χ0n) is 18.5. The molecule has 0 heterocycles. The van der Waals surface area contributed by atoms with Gasteiger partial charge in [-0.05, 0) is 54.7 Å². The van der Waals surface area contributed by atoms with Crippen LogP contribution in [-0.4, -0.2) is 39.2 Å². The Morgan fingerprint density at radius 3 is 2.39 bits per heavy atom. The van der Waals surface area contributed by atoms with Gasteiger partial charge in [0.05, 0.1) is 33.4 Å². The van der Waals surface area contributed by atoms with Gasteiger partial charge in [-0.3, -0.25) is 9.59 Å². The molecule has 8 heteroatoms. The number of anilines is 1. The van der Waals surface area contributed by atoms with Gasteiger partial charge < -0.3 is 30.6 Å². The monoisotopic (exact) mass is 427 g/mol. The first kappa shape index (κ1) is 22.4. The van der Waals surface area contributed by atoms with Crippen LogP contribution in [0.4, 0.5) is 5.69 Å². The number of amides is 2. The fraction of sp³-hybridized carbons (Fsp3) is 0.391. The van der Waals surface area contributed by atoms with Crippen LogP contribution in [0.3, 0.4) is 0 Å².